The zero-order valence-electron chi connectivity index (χ0n) is 11.7. The highest BCUT2D eigenvalue weighted by molar-refractivity contribution is 6.17. The fourth-order valence-corrected chi connectivity index (χ4v) is 2.31. The van der Waals surface area contributed by atoms with Crippen molar-refractivity contribution in [3.05, 3.63) is 12.4 Å². The van der Waals surface area contributed by atoms with Crippen molar-refractivity contribution in [1.29, 1.82) is 0 Å². The van der Waals surface area contributed by atoms with E-state index in [4.69, 9.17) is 16.3 Å². The van der Waals surface area contributed by atoms with Gasteiger partial charge in [-0.1, -0.05) is 0 Å². The first-order chi connectivity index (χ1) is 9.20. The smallest absolute Gasteiger partial charge is 0.234 e. The van der Waals surface area contributed by atoms with Crippen LogP contribution in [-0.4, -0.2) is 34.5 Å². The number of alkyl halides is 1. The molecule has 19 heavy (non-hydrogen) atoms. The summed E-state index contributed by atoms with van der Waals surface area (Å²) in [6.45, 7) is 4.92. The minimum atomic E-state index is 0.115. The Hall–Kier alpha value is -1.03. The quantitative estimate of drug-likeness (QED) is 0.720. The topological polar surface area (TPSA) is 38.2 Å². The van der Waals surface area contributed by atoms with Crippen molar-refractivity contribution in [1.82, 2.24) is 9.97 Å². The lowest BCUT2D eigenvalue weighted by Gasteiger charge is -2.38. The second-order valence-electron chi connectivity index (χ2n) is 5.20. The minimum Gasteiger partial charge on any atom is -0.474 e. The molecule has 1 aromatic heterocycles. The predicted octanol–water partition coefficient (Wildman–Crippen LogP) is 3.25. The Morgan fingerprint density at radius 1 is 1.42 bits per heavy atom. The molecule has 0 N–H and O–H groups in total. The second-order valence-corrected chi connectivity index (χ2v) is 5.58. The van der Waals surface area contributed by atoms with Gasteiger partial charge < -0.3 is 9.64 Å². The number of aromatic nitrogens is 2. The Morgan fingerprint density at radius 3 is 2.79 bits per heavy atom. The zero-order valence-corrected chi connectivity index (χ0v) is 12.4. The van der Waals surface area contributed by atoms with Crippen LogP contribution in [0, 0.1) is 0 Å². The summed E-state index contributed by atoms with van der Waals surface area (Å²) >= 11 is 5.81. The van der Waals surface area contributed by atoms with Gasteiger partial charge in [-0.2, -0.15) is 4.98 Å². The average molecular weight is 284 g/mol. The van der Waals surface area contributed by atoms with Gasteiger partial charge in [0.25, 0.3) is 0 Å². The van der Waals surface area contributed by atoms with E-state index >= 15 is 0 Å². The van der Waals surface area contributed by atoms with Crippen LogP contribution in [0.25, 0.3) is 0 Å². The average Bonchev–Trinajstić information content (AvgIpc) is 2.31. The lowest BCUT2D eigenvalue weighted by atomic mass is 9.91. The van der Waals surface area contributed by atoms with E-state index in [2.05, 4.69) is 14.9 Å². The van der Waals surface area contributed by atoms with E-state index < -0.39 is 0 Å². The first-order valence-electron chi connectivity index (χ1n) is 7.02. The Bertz CT molecular complexity index is 396. The summed E-state index contributed by atoms with van der Waals surface area (Å²) in [4.78, 5) is 11.1. The van der Waals surface area contributed by atoms with Gasteiger partial charge in [0.1, 0.15) is 0 Å². The van der Waals surface area contributed by atoms with Crippen molar-refractivity contribution in [3.8, 4) is 5.88 Å². The molecular weight excluding hydrogens is 262 g/mol. The summed E-state index contributed by atoms with van der Waals surface area (Å²) in [7, 11) is 0. The summed E-state index contributed by atoms with van der Waals surface area (Å²) in [5.41, 5.74) is 0. The van der Waals surface area contributed by atoms with Gasteiger partial charge >= 0.3 is 0 Å². The Labute approximate surface area is 120 Å². The molecule has 5 heteroatoms. The number of hydrogen-bond donors (Lipinski definition) is 0. The van der Waals surface area contributed by atoms with Gasteiger partial charge in [0.15, 0.2) is 5.82 Å². The number of hydrogen-bond acceptors (Lipinski definition) is 4. The van der Waals surface area contributed by atoms with E-state index in [1.807, 2.05) is 20.0 Å². The normalized spacial score (nSPS) is 15.4. The lowest BCUT2D eigenvalue weighted by molar-refractivity contribution is 0.231. The predicted molar refractivity (Wildman–Crippen MR) is 78.1 cm³/mol. The molecule has 1 fully saturated rings. The standard InChI is InChI=1S/C14H22ClN3O/c1-11(2)19-14-10-16-9-13(17-14)18(8-4-7-15)12-5-3-6-12/h9-12H,3-8H2,1-2H3. The van der Waals surface area contributed by atoms with Gasteiger partial charge in [-0.15, -0.1) is 11.6 Å². The van der Waals surface area contributed by atoms with Crippen LogP contribution in [-0.2, 0) is 0 Å². The Balaban J connectivity index is 2.10. The third-order valence-corrected chi connectivity index (χ3v) is 3.57. The Kier molecular flexibility index (Phi) is 5.25. The summed E-state index contributed by atoms with van der Waals surface area (Å²) in [5.74, 6) is 2.19. The van der Waals surface area contributed by atoms with Crippen LogP contribution < -0.4 is 9.64 Å². The molecule has 0 aromatic carbocycles. The second kappa shape index (κ2) is 6.94. The first-order valence-corrected chi connectivity index (χ1v) is 7.55. The summed E-state index contributed by atoms with van der Waals surface area (Å²) in [5, 5.41) is 0. The SMILES string of the molecule is CC(C)Oc1cncc(N(CCCCl)C2CCC2)n1. The highest BCUT2D eigenvalue weighted by atomic mass is 35.5. The molecule has 4 nitrogen and oxygen atoms in total. The molecule has 1 aromatic rings. The monoisotopic (exact) mass is 283 g/mol. The molecule has 0 bridgehead atoms. The van der Waals surface area contributed by atoms with Gasteiger partial charge in [0, 0.05) is 18.5 Å². The van der Waals surface area contributed by atoms with Gasteiger partial charge in [-0.25, -0.2) is 0 Å². The highest BCUT2D eigenvalue weighted by Gasteiger charge is 2.26. The third-order valence-electron chi connectivity index (χ3n) is 3.30. The fraction of sp³-hybridized carbons (Fsp3) is 0.714. The maximum atomic E-state index is 5.81. The molecule has 106 valence electrons. The number of anilines is 1. The van der Waals surface area contributed by atoms with Gasteiger partial charge in [0.2, 0.25) is 5.88 Å². The summed E-state index contributed by atoms with van der Waals surface area (Å²) in [6, 6.07) is 0.590. The Morgan fingerprint density at radius 2 is 2.21 bits per heavy atom. The molecule has 0 atom stereocenters. The van der Waals surface area contributed by atoms with Crippen LogP contribution in [0.3, 0.4) is 0 Å². The first kappa shape index (κ1) is 14.4. The number of halogens is 1. The maximum absolute atomic E-state index is 5.81. The molecule has 1 heterocycles. The van der Waals surface area contributed by atoms with Crippen LogP contribution in [0.1, 0.15) is 39.5 Å². The van der Waals surface area contributed by atoms with Crippen molar-refractivity contribution >= 4 is 17.4 Å². The fourth-order valence-electron chi connectivity index (χ4n) is 2.19. The number of nitrogens with zero attached hydrogens (tertiary/aromatic N) is 3. The van der Waals surface area contributed by atoms with Gasteiger partial charge in [-0.05, 0) is 39.5 Å². The van der Waals surface area contributed by atoms with Crippen LogP contribution in [0.5, 0.6) is 5.88 Å². The largest absolute Gasteiger partial charge is 0.474 e. The van der Waals surface area contributed by atoms with E-state index in [1.54, 1.807) is 6.20 Å². The molecule has 0 spiro atoms. The molecule has 0 aliphatic heterocycles. The molecule has 1 saturated carbocycles. The van der Waals surface area contributed by atoms with E-state index in [1.165, 1.54) is 19.3 Å². The van der Waals surface area contributed by atoms with Crippen LogP contribution in [0.2, 0.25) is 0 Å². The molecule has 0 unspecified atom stereocenters. The maximum Gasteiger partial charge on any atom is 0.234 e. The van der Waals surface area contributed by atoms with Gasteiger partial charge in [-0.3, -0.25) is 4.98 Å². The van der Waals surface area contributed by atoms with Crippen LogP contribution >= 0.6 is 11.6 Å². The van der Waals surface area contributed by atoms with Crippen LogP contribution in [0.4, 0.5) is 5.82 Å². The molecule has 0 amide bonds. The summed E-state index contributed by atoms with van der Waals surface area (Å²) in [6.07, 6.45) is 8.35. The highest BCUT2D eigenvalue weighted by Crippen LogP contribution is 2.29. The molecule has 0 radical (unpaired) electrons. The van der Waals surface area contributed by atoms with Crippen molar-refractivity contribution < 1.29 is 4.74 Å². The molecule has 1 aliphatic rings. The molecule has 2 rings (SSSR count). The third kappa shape index (κ3) is 3.96. The van der Waals surface area contributed by atoms with E-state index in [-0.39, 0.29) is 6.10 Å². The van der Waals surface area contributed by atoms with E-state index in [9.17, 15) is 0 Å². The van der Waals surface area contributed by atoms with Crippen molar-refractivity contribution in [2.75, 3.05) is 17.3 Å². The van der Waals surface area contributed by atoms with Crippen molar-refractivity contribution in [3.63, 3.8) is 0 Å². The molecule has 0 saturated heterocycles. The zero-order chi connectivity index (χ0) is 13.7. The number of ether oxygens (including phenoxy) is 1. The van der Waals surface area contributed by atoms with E-state index in [0.717, 1.165) is 18.8 Å². The summed E-state index contributed by atoms with van der Waals surface area (Å²) < 4.78 is 5.61. The van der Waals surface area contributed by atoms with Gasteiger partial charge in [0.05, 0.1) is 18.5 Å². The van der Waals surface area contributed by atoms with Crippen LogP contribution in [0.15, 0.2) is 12.4 Å². The van der Waals surface area contributed by atoms with Crippen molar-refractivity contribution in [2.45, 2.75) is 51.7 Å². The number of rotatable bonds is 7. The lowest BCUT2D eigenvalue weighted by Crippen LogP contribution is -2.41. The molecule has 1 aliphatic carbocycles. The minimum absolute atomic E-state index is 0.115. The van der Waals surface area contributed by atoms with E-state index in [0.29, 0.717) is 17.8 Å². The van der Waals surface area contributed by atoms with Crippen molar-refractivity contribution in [2.24, 2.45) is 0 Å². The molecular formula is C14H22ClN3O.